The van der Waals surface area contributed by atoms with Crippen LogP contribution in [0.1, 0.15) is 10.4 Å². The number of thiophene rings is 1. The molecule has 0 N–H and O–H groups in total. The van der Waals surface area contributed by atoms with E-state index in [-0.39, 0.29) is 0 Å². The number of hydrogen-bond donors (Lipinski definition) is 0. The van der Waals surface area contributed by atoms with Crippen LogP contribution in [-0.2, 0) is 0 Å². The van der Waals surface area contributed by atoms with Gasteiger partial charge in [0.15, 0.2) is 0 Å². The van der Waals surface area contributed by atoms with Crippen LogP contribution in [0.3, 0.4) is 0 Å². The van der Waals surface area contributed by atoms with Gasteiger partial charge in [0.05, 0.1) is 0 Å². The van der Waals surface area contributed by atoms with Crippen LogP contribution >= 0.6 is 11.3 Å². The molecular weight excluding hydrogens is 212 g/mol. The van der Waals surface area contributed by atoms with Gasteiger partial charge in [0.1, 0.15) is 0 Å². The van der Waals surface area contributed by atoms with Crippen molar-refractivity contribution >= 4 is 33.1 Å². The molecular formula is C15H9S. The van der Waals surface area contributed by atoms with Gasteiger partial charge in [0.2, 0.25) is 0 Å². The van der Waals surface area contributed by atoms with Crippen molar-refractivity contribution in [2.75, 3.05) is 0 Å². The second-order valence-electron chi connectivity index (χ2n) is 4.07. The summed E-state index contributed by atoms with van der Waals surface area (Å²) in [5.74, 6) is 0. The molecule has 0 unspecified atom stereocenters. The van der Waals surface area contributed by atoms with E-state index < -0.39 is 0 Å². The van der Waals surface area contributed by atoms with Gasteiger partial charge >= 0.3 is 0 Å². The highest BCUT2D eigenvalue weighted by Gasteiger charge is 2.23. The highest BCUT2D eigenvalue weighted by molar-refractivity contribution is 7.20. The lowest BCUT2D eigenvalue weighted by Crippen LogP contribution is -1.85. The molecule has 2 aliphatic rings. The second kappa shape index (κ2) is 2.96. The zero-order valence-electron chi connectivity index (χ0n) is 8.60. The van der Waals surface area contributed by atoms with Gasteiger partial charge in [-0.25, -0.2) is 0 Å². The van der Waals surface area contributed by atoms with E-state index in [9.17, 15) is 0 Å². The number of hydrogen-bond acceptors (Lipinski definition) is 1. The van der Waals surface area contributed by atoms with Crippen molar-refractivity contribution in [1.82, 2.24) is 0 Å². The molecule has 0 amide bonds. The van der Waals surface area contributed by atoms with Crippen molar-refractivity contribution in [3.8, 4) is 0 Å². The third-order valence-electron chi connectivity index (χ3n) is 3.14. The number of allylic oxidation sites excluding steroid dienone is 5. The summed E-state index contributed by atoms with van der Waals surface area (Å²) in [4.78, 5) is 1.43. The summed E-state index contributed by atoms with van der Waals surface area (Å²) in [5.41, 5.74) is 4.15. The highest BCUT2D eigenvalue weighted by Crippen LogP contribution is 2.46. The molecule has 1 heteroatoms. The molecule has 4 rings (SSSR count). The molecule has 1 aromatic carbocycles. The molecule has 0 saturated heterocycles. The topological polar surface area (TPSA) is 0 Å². The molecule has 0 aliphatic heterocycles. The Kier molecular flexibility index (Phi) is 1.58. The van der Waals surface area contributed by atoms with Gasteiger partial charge in [0.25, 0.3) is 0 Å². The van der Waals surface area contributed by atoms with E-state index in [0.717, 1.165) is 0 Å². The van der Waals surface area contributed by atoms with Gasteiger partial charge in [-0.2, -0.15) is 0 Å². The molecule has 0 fully saturated rings. The molecule has 16 heavy (non-hydrogen) atoms. The van der Waals surface area contributed by atoms with Crippen molar-refractivity contribution in [3.05, 3.63) is 64.9 Å². The maximum Gasteiger partial charge on any atom is 0.0430 e. The molecule has 0 nitrogen and oxygen atoms in total. The molecule has 1 heterocycles. The summed E-state index contributed by atoms with van der Waals surface area (Å²) in [6.07, 6.45) is 10.9. The second-order valence-corrected chi connectivity index (χ2v) is 5.12. The van der Waals surface area contributed by atoms with Crippen LogP contribution in [0.15, 0.2) is 48.1 Å². The lowest BCUT2D eigenvalue weighted by molar-refractivity contribution is 1.60. The van der Waals surface area contributed by atoms with Crippen LogP contribution in [-0.4, -0.2) is 0 Å². The Labute approximate surface area is 98.2 Å². The summed E-state index contributed by atoms with van der Waals surface area (Å²) in [7, 11) is 0. The molecule has 75 valence electrons. The first-order valence-corrected chi connectivity index (χ1v) is 6.21. The van der Waals surface area contributed by atoms with Crippen molar-refractivity contribution < 1.29 is 0 Å². The van der Waals surface area contributed by atoms with E-state index in [0.29, 0.717) is 0 Å². The number of fused-ring (bicyclic) bond motifs is 5. The van der Waals surface area contributed by atoms with Crippen LogP contribution in [0.25, 0.3) is 21.7 Å². The minimum atomic E-state index is 1.36. The van der Waals surface area contributed by atoms with Gasteiger partial charge in [-0.15, -0.1) is 11.3 Å². The van der Waals surface area contributed by atoms with Crippen LogP contribution in [0.5, 0.6) is 0 Å². The predicted molar refractivity (Wildman–Crippen MR) is 71.2 cm³/mol. The zero-order chi connectivity index (χ0) is 10.5. The Balaban J connectivity index is 2.10. The molecule has 2 aromatic rings. The van der Waals surface area contributed by atoms with E-state index in [2.05, 4.69) is 55.0 Å². The van der Waals surface area contributed by atoms with Crippen LogP contribution in [0.2, 0.25) is 0 Å². The van der Waals surface area contributed by atoms with E-state index in [1.807, 2.05) is 11.3 Å². The molecule has 2 aliphatic carbocycles. The summed E-state index contributed by atoms with van der Waals surface area (Å²) in [6, 6.07) is 8.65. The normalized spacial score (nSPS) is 17.0. The molecule has 1 aromatic heterocycles. The van der Waals surface area contributed by atoms with E-state index in [1.54, 1.807) is 0 Å². The standard InChI is InChI=1S/C15H9S/c1-2-6-11-10(5-1)9-13-12-7-3-4-8-14(12)16-15(11)13/h1-9H. The smallest absolute Gasteiger partial charge is 0.0430 e. The third-order valence-corrected chi connectivity index (χ3v) is 4.36. The Hall–Kier alpha value is -1.60. The SMILES string of the molecule is [CH]1C=CC=C2C1=Cc1c2sc2ccccc12. The summed E-state index contributed by atoms with van der Waals surface area (Å²) >= 11 is 1.90. The fourth-order valence-electron chi connectivity index (χ4n) is 2.39. The first kappa shape index (κ1) is 8.54. The minimum absolute atomic E-state index is 1.36. The van der Waals surface area contributed by atoms with Gasteiger partial charge in [-0.3, -0.25) is 0 Å². The average Bonchev–Trinajstić information content (AvgIpc) is 2.85. The van der Waals surface area contributed by atoms with Crippen LogP contribution < -0.4 is 0 Å². The van der Waals surface area contributed by atoms with Gasteiger partial charge in [-0.05, 0) is 23.3 Å². The quantitative estimate of drug-likeness (QED) is 0.616. The number of benzene rings is 1. The fraction of sp³-hybridized carbons (Fsp3) is 0. The maximum absolute atomic E-state index is 2.31. The van der Waals surface area contributed by atoms with Crippen molar-refractivity contribution in [1.29, 1.82) is 0 Å². The van der Waals surface area contributed by atoms with Crippen LogP contribution in [0, 0.1) is 6.42 Å². The highest BCUT2D eigenvalue weighted by atomic mass is 32.1. The van der Waals surface area contributed by atoms with Crippen molar-refractivity contribution in [2.24, 2.45) is 0 Å². The van der Waals surface area contributed by atoms with Gasteiger partial charge in [-0.1, -0.05) is 36.4 Å². The first-order chi connectivity index (χ1) is 7.93. The minimum Gasteiger partial charge on any atom is -0.135 e. The molecule has 0 spiro atoms. The Bertz CT molecular complexity index is 681. The molecule has 0 saturated carbocycles. The third kappa shape index (κ3) is 0.987. The molecule has 0 bridgehead atoms. The van der Waals surface area contributed by atoms with E-state index in [4.69, 9.17) is 0 Å². The summed E-state index contributed by atoms with van der Waals surface area (Å²) in [6.45, 7) is 0. The Morgan fingerprint density at radius 3 is 2.94 bits per heavy atom. The van der Waals surface area contributed by atoms with Crippen molar-refractivity contribution in [3.63, 3.8) is 0 Å². The van der Waals surface area contributed by atoms with E-state index >= 15 is 0 Å². The fourth-order valence-corrected chi connectivity index (χ4v) is 3.62. The summed E-state index contributed by atoms with van der Waals surface area (Å²) in [5, 5.41) is 1.39. The Morgan fingerprint density at radius 2 is 1.94 bits per heavy atom. The monoisotopic (exact) mass is 221 g/mol. The van der Waals surface area contributed by atoms with Gasteiger partial charge in [0, 0.05) is 26.9 Å². The largest absolute Gasteiger partial charge is 0.135 e. The first-order valence-electron chi connectivity index (χ1n) is 5.39. The van der Waals surface area contributed by atoms with Crippen LogP contribution in [0.4, 0.5) is 0 Å². The Morgan fingerprint density at radius 1 is 1.00 bits per heavy atom. The molecule has 1 radical (unpaired) electrons. The summed E-state index contributed by atoms with van der Waals surface area (Å²) < 4.78 is 1.39. The van der Waals surface area contributed by atoms with E-state index in [1.165, 1.54) is 31.7 Å². The van der Waals surface area contributed by atoms with Gasteiger partial charge < -0.3 is 0 Å². The predicted octanol–water partition coefficient (Wildman–Crippen LogP) is 4.46. The molecule has 0 atom stereocenters. The van der Waals surface area contributed by atoms with Crippen molar-refractivity contribution in [2.45, 2.75) is 0 Å². The average molecular weight is 221 g/mol. The number of rotatable bonds is 0. The lowest BCUT2D eigenvalue weighted by Gasteiger charge is -2.05. The maximum atomic E-state index is 2.31. The zero-order valence-corrected chi connectivity index (χ0v) is 9.42. The lowest BCUT2D eigenvalue weighted by atomic mass is 10.0.